The molecular formula is C23H24F4N8O2. The van der Waals surface area contributed by atoms with Gasteiger partial charge in [-0.3, -0.25) is 4.90 Å². The minimum atomic E-state index is -4.50. The van der Waals surface area contributed by atoms with Crippen LogP contribution >= 0.6 is 0 Å². The van der Waals surface area contributed by atoms with Crippen molar-refractivity contribution >= 4 is 22.5 Å². The van der Waals surface area contributed by atoms with Crippen LogP contribution in [-0.2, 0) is 11.3 Å². The van der Waals surface area contributed by atoms with Crippen molar-refractivity contribution in [2.45, 2.75) is 37.4 Å². The van der Waals surface area contributed by atoms with Crippen molar-refractivity contribution in [3.8, 4) is 17.0 Å². The molecule has 1 N–H and O–H groups in total. The third kappa shape index (κ3) is 4.55. The summed E-state index contributed by atoms with van der Waals surface area (Å²) in [5.41, 5.74) is 1.42. The van der Waals surface area contributed by atoms with Crippen molar-refractivity contribution in [3.05, 3.63) is 30.5 Å². The first kappa shape index (κ1) is 20.5. The molecule has 0 aliphatic carbocycles. The van der Waals surface area contributed by atoms with E-state index in [1.807, 2.05) is 4.90 Å². The summed E-state index contributed by atoms with van der Waals surface area (Å²) in [4.78, 5) is 6.32. The average molecular weight is 524 g/mol. The zero-order valence-electron chi connectivity index (χ0n) is 22.3. The number of nitrogens with one attached hydrogen (secondary N) is 1. The minimum Gasteiger partial charge on any atom is -0.479 e. The largest absolute Gasteiger partial charge is 0.479 e. The molecule has 4 aromatic rings. The highest BCUT2D eigenvalue weighted by molar-refractivity contribution is 5.89. The van der Waals surface area contributed by atoms with Gasteiger partial charge in [-0.1, -0.05) is 11.3 Å². The van der Waals surface area contributed by atoms with Gasteiger partial charge in [0.2, 0.25) is 11.8 Å². The van der Waals surface area contributed by atoms with E-state index in [4.69, 9.17) is 13.6 Å². The highest BCUT2D eigenvalue weighted by Gasteiger charge is 2.36. The lowest BCUT2D eigenvalue weighted by Crippen LogP contribution is -2.57. The van der Waals surface area contributed by atoms with Crippen LogP contribution in [0.25, 0.3) is 27.7 Å². The second kappa shape index (κ2) is 9.10. The Morgan fingerprint density at radius 1 is 1.27 bits per heavy atom. The number of nitrogens with zero attached hydrogens (tertiary/aromatic N) is 7. The van der Waals surface area contributed by atoms with E-state index in [2.05, 4.69) is 25.7 Å². The molecule has 2 aliphatic rings. The van der Waals surface area contributed by atoms with Crippen LogP contribution in [0.2, 0.25) is 0 Å². The molecule has 2 aliphatic heterocycles. The fourth-order valence-electron chi connectivity index (χ4n) is 4.80. The summed E-state index contributed by atoms with van der Waals surface area (Å²) < 4.78 is 89.5. The topological polar surface area (TPSA) is 94.6 Å². The molecule has 0 radical (unpaired) electrons. The van der Waals surface area contributed by atoms with E-state index in [9.17, 15) is 13.2 Å². The van der Waals surface area contributed by atoms with Gasteiger partial charge in [0.05, 0.1) is 42.0 Å². The van der Waals surface area contributed by atoms with Gasteiger partial charge < -0.3 is 14.8 Å². The molecule has 0 bridgehead atoms. The number of anilines is 1. The summed E-state index contributed by atoms with van der Waals surface area (Å²) in [5, 5.41) is 14.8. The lowest BCUT2D eigenvalue weighted by Gasteiger charge is -2.42. The molecule has 5 heterocycles. The normalized spacial score (nSPS) is 23.0. The molecular weight excluding hydrogens is 496 g/mol. The highest BCUT2D eigenvalue weighted by Crippen LogP contribution is 2.33. The maximum Gasteiger partial charge on any atom is 0.408 e. The summed E-state index contributed by atoms with van der Waals surface area (Å²) >= 11 is 0. The molecule has 10 nitrogen and oxygen atoms in total. The zero-order valence-corrected chi connectivity index (χ0v) is 19.3. The van der Waals surface area contributed by atoms with Gasteiger partial charge in [0.15, 0.2) is 0 Å². The van der Waals surface area contributed by atoms with Crippen LogP contribution in [0.5, 0.6) is 5.88 Å². The summed E-state index contributed by atoms with van der Waals surface area (Å²) in [6, 6.07) is 5.82. The third-order valence-corrected chi connectivity index (χ3v) is 6.75. The number of rotatable bonds is 6. The lowest BCUT2D eigenvalue weighted by atomic mass is 10.0. The molecule has 2 fully saturated rings. The number of alkyl halides is 4. The van der Waals surface area contributed by atoms with Gasteiger partial charge in [-0.2, -0.15) is 18.2 Å². The van der Waals surface area contributed by atoms with Gasteiger partial charge >= 0.3 is 6.18 Å². The SMILES string of the molecule is [2H]C([2H])([2H])Oc1nc(N[C@@H]2CCN(C3COC3)C[C@H]2F)nn2ccc(-c3ccc4nnn(CC(F)(F)F)c4c3)c12. The van der Waals surface area contributed by atoms with E-state index in [0.717, 1.165) is 4.68 Å². The second-order valence-corrected chi connectivity index (χ2v) is 9.17. The number of methoxy groups -OCH3 is 1. The Morgan fingerprint density at radius 2 is 2.14 bits per heavy atom. The molecule has 1 aromatic carbocycles. The summed E-state index contributed by atoms with van der Waals surface area (Å²) in [7, 11) is -2.87. The smallest absolute Gasteiger partial charge is 0.408 e. The molecule has 0 saturated carbocycles. The molecule has 196 valence electrons. The van der Waals surface area contributed by atoms with Gasteiger partial charge in [-0.25, -0.2) is 13.6 Å². The summed E-state index contributed by atoms with van der Waals surface area (Å²) in [5.74, 6) is -0.316. The number of benzene rings is 1. The van der Waals surface area contributed by atoms with Gasteiger partial charge in [0, 0.05) is 24.8 Å². The summed E-state index contributed by atoms with van der Waals surface area (Å²) in [6.45, 7) is 0.734. The first-order chi connectivity index (χ1) is 18.9. The van der Waals surface area contributed by atoms with Gasteiger partial charge in [-0.15, -0.1) is 10.2 Å². The number of ether oxygens (including phenoxy) is 2. The number of likely N-dealkylation sites (tertiary alicyclic amines) is 1. The van der Waals surface area contributed by atoms with Gasteiger partial charge in [0.25, 0.3) is 0 Å². The van der Waals surface area contributed by atoms with Crippen molar-refractivity contribution in [1.82, 2.24) is 34.5 Å². The Bertz CT molecular complexity index is 1540. The van der Waals surface area contributed by atoms with E-state index in [1.165, 1.54) is 22.8 Å². The molecule has 3 aromatic heterocycles. The maximum absolute atomic E-state index is 15.0. The van der Waals surface area contributed by atoms with Crippen LogP contribution in [-0.4, -0.2) is 92.3 Å². The first-order valence-electron chi connectivity index (χ1n) is 13.1. The van der Waals surface area contributed by atoms with E-state index in [0.29, 0.717) is 37.3 Å². The maximum atomic E-state index is 15.0. The van der Waals surface area contributed by atoms with E-state index < -0.39 is 32.0 Å². The van der Waals surface area contributed by atoms with E-state index in [1.54, 1.807) is 12.1 Å². The first-order valence-corrected chi connectivity index (χ1v) is 11.6. The fourth-order valence-corrected chi connectivity index (χ4v) is 4.80. The second-order valence-electron chi connectivity index (χ2n) is 9.17. The van der Waals surface area contributed by atoms with Crippen molar-refractivity contribution in [2.75, 3.05) is 38.7 Å². The number of fused-ring (bicyclic) bond motifs is 2. The van der Waals surface area contributed by atoms with Crippen molar-refractivity contribution in [3.63, 3.8) is 0 Å². The fraction of sp³-hybridized carbons (Fsp3) is 0.478. The molecule has 0 unspecified atom stereocenters. The molecule has 2 atom stereocenters. The lowest BCUT2D eigenvalue weighted by molar-refractivity contribution is -0.142. The molecule has 6 rings (SSSR count). The molecule has 0 spiro atoms. The molecule has 37 heavy (non-hydrogen) atoms. The van der Waals surface area contributed by atoms with Crippen molar-refractivity contribution < 1.29 is 31.1 Å². The van der Waals surface area contributed by atoms with Gasteiger partial charge in [-0.05, 0) is 30.2 Å². The Kier molecular flexibility index (Phi) is 5.05. The molecule has 14 heteroatoms. The van der Waals surface area contributed by atoms with E-state index in [-0.39, 0.29) is 41.0 Å². The average Bonchev–Trinajstić information content (AvgIpc) is 3.42. The highest BCUT2D eigenvalue weighted by atomic mass is 19.4. The van der Waals surface area contributed by atoms with Crippen LogP contribution in [0.4, 0.5) is 23.5 Å². The van der Waals surface area contributed by atoms with Crippen LogP contribution in [0.3, 0.4) is 0 Å². The van der Waals surface area contributed by atoms with Crippen LogP contribution < -0.4 is 10.1 Å². The summed E-state index contributed by atoms with van der Waals surface area (Å²) in [6.07, 6.45) is -3.71. The monoisotopic (exact) mass is 523 g/mol. The third-order valence-electron chi connectivity index (χ3n) is 6.75. The zero-order chi connectivity index (χ0) is 28.2. The Hall–Kier alpha value is -3.52. The van der Waals surface area contributed by atoms with Gasteiger partial charge in [0.1, 0.15) is 23.7 Å². The van der Waals surface area contributed by atoms with Crippen LogP contribution in [0.15, 0.2) is 30.5 Å². The minimum absolute atomic E-state index is 0.0233. The number of halogens is 4. The van der Waals surface area contributed by atoms with E-state index >= 15 is 4.39 Å². The predicted molar refractivity (Wildman–Crippen MR) is 125 cm³/mol. The quantitative estimate of drug-likeness (QED) is 0.386. The standard InChI is InChI=1S/C23H24F4N8O2/c1-36-21-20-15(13-2-3-18-19(8-13)35(32-30-18)12-23(25,26)27)4-7-34(20)31-22(29-21)28-17-5-6-33(9-16(17)24)14-10-37-11-14/h2-4,7-8,14,16-17H,5-6,9-12H2,1H3,(H,28,31)/t16-,17-/m1/s1/i1D3. The van der Waals surface area contributed by atoms with Crippen LogP contribution in [0.1, 0.15) is 10.5 Å². The Balaban J connectivity index is 1.34. The van der Waals surface area contributed by atoms with Crippen LogP contribution in [0, 0.1) is 0 Å². The predicted octanol–water partition coefficient (Wildman–Crippen LogP) is 2.94. The number of piperidine rings is 1. The van der Waals surface area contributed by atoms with Crippen molar-refractivity contribution in [1.29, 1.82) is 0 Å². The number of hydrogen-bond acceptors (Lipinski definition) is 8. The Morgan fingerprint density at radius 3 is 2.86 bits per heavy atom. The number of aromatic nitrogens is 6. The Labute approximate surface area is 212 Å². The van der Waals surface area contributed by atoms with Crippen molar-refractivity contribution in [2.24, 2.45) is 0 Å². The molecule has 2 saturated heterocycles. The number of hydrogen-bond donors (Lipinski definition) is 1. The molecule has 0 amide bonds.